The third-order valence-corrected chi connectivity index (χ3v) is 4.83. The molecule has 0 saturated heterocycles. The number of nitrogens with one attached hydrogen (secondary N) is 2. The number of pyridine rings is 1. The lowest BCUT2D eigenvalue weighted by Crippen LogP contribution is -2.26. The number of nitrogens with zero attached hydrogens (tertiary/aromatic N) is 1. The van der Waals surface area contributed by atoms with Gasteiger partial charge in [-0.25, -0.2) is 4.98 Å². The minimum Gasteiger partial charge on any atom is -0.369 e. The van der Waals surface area contributed by atoms with Crippen molar-refractivity contribution in [3.8, 4) is 0 Å². The number of hydrogen-bond acceptors (Lipinski definition) is 4. The summed E-state index contributed by atoms with van der Waals surface area (Å²) in [5.74, 6) is 0.622. The maximum absolute atomic E-state index is 12.2. The van der Waals surface area contributed by atoms with Crippen LogP contribution in [-0.2, 0) is 0 Å². The minimum absolute atomic E-state index is 0.142. The fourth-order valence-corrected chi connectivity index (χ4v) is 2.07. The van der Waals surface area contributed by atoms with Crippen LogP contribution in [0, 0.1) is 6.92 Å². The van der Waals surface area contributed by atoms with Gasteiger partial charge in [-0.1, -0.05) is 17.7 Å². The number of aryl methyl sites for hydroxylation is 1. The van der Waals surface area contributed by atoms with E-state index in [1.807, 2.05) is 37.3 Å². The summed E-state index contributed by atoms with van der Waals surface area (Å²) in [5, 5.41) is 6.16. The van der Waals surface area contributed by atoms with Gasteiger partial charge in [-0.3, -0.25) is 4.79 Å². The van der Waals surface area contributed by atoms with Crippen LogP contribution in [0.3, 0.4) is 0 Å². The van der Waals surface area contributed by atoms with Gasteiger partial charge in [0, 0.05) is 23.2 Å². The molecule has 4 nitrogen and oxygen atoms in total. The van der Waals surface area contributed by atoms with E-state index < -0.39 is 0 Å². The zero-order valence-corrected chi connectivity index (χ0v) is 14.8. The van der Waals surface area contributed by atoms with Crippen molar-refractivity contribution in [3.05, 3.63) is 53.7 Å². The Balaban J connectivity index is 1.96. The van der Waals surface area contributed by atoms with E-state index in [0.29, 0.717) is 5.56 Å². The maximum Gasteiger partial charge on any atom is 0.257 e. The molecule has 2 aromatic rings. The highest BCUT2D eigenvalue weighted by molar-refractivity contribution is 7.99. The number of aromatic nitrogens is 1. The highest BCUT2D eigenvalue weighted by Gasteiger charge is 2.15. The van der Waals surface area contributed by atoms with E-state index in [2.05, 4.69) is 35.7 Å². The molecule has 0 atom stereocenters. The van der Waals surface area contributed by atoms with Crippen molar-refractivity contribution in [2.24, 2.45) is 0 Å². The Labute approximate surface area is 142 Å². The van der Waals surface area contributed by atoms with Gasteiger partial charge in [-0.2, -0.15) is 11.8 Å². The third kappa shape index (κ3) is 5.28. The van der Waals surface area contributed by atoms with Crippen LogP contribution in [0.4, 0.5) is 11.5 Å². The minimum atomic E-state index is -0.155. The molecule has 0 aliphatic rings. The van der Waals surface area contributed by atoms with Crippen molar-refractivity contribution in [1.82, 2.24) is 4.98 Å². The normalized spacial score (nSPS) is 11.1. The van der Waals surface area contributed by atoms with Crippen LogP contribution in [-0.4, -0.2) is 28.4 Å². The average Bonchev–Trinajstić information content (AvgIpc) is 2.55. The van der Waals surface area contributed by atoms with Gasteiger partial charge in [-0.15, -0.1) is 0 Å². The highest BCUT2D eigenvalue weighted by Crippen LogP contribution is 2.21. The summed E-state index contributed by atoms with van der Waals surface area (Å²) in [6, 6.07) is 11.3. The van der Waals surface area contributed by atoms with E-state index in [-0.39, 0.29) is 10.7 Å². The molecule has 1 aromatic carbocycles. The van der Waals surface area contributed by atoms with Crippen LogP contribution in [0.2, 0.25) is 0 Å². The van der Waals surface area contributed by atoms with Gasteiger partial charge >= 0.3 is 0 Å². The topological polar surface area (TPSA) is 54.0 Å². The number of amides is 1. The smallest absolute Gasteiger partial charge is 0.257 e. The Bertz CT molecular complexity index is 651. The van der Waals surface area contributed by atoms with Crippen LogP contribution >= 0.6 is 11.8 Å². The van der Waals surface area contributed by atoms with Crippen LogP contribution < -0.4 is 10.6 Å². The Morgan fingerprint density at radius 3 is 2.43 bits per heavy atom. The fourth-order valence-electron chi connectivity index (χ4n) is 1.85. The zero-order chi connectivity index (χ0) is 16.9. The lowest BCUT2D eigenvalue weighted by atomic mass is 10.2. The van der Waals surface area contributed by atoms with Gasteiger partial charge in [0.25, 0.3) is 5.91 Å². The van der Waals surface area contributed by atoms with Crippen molar-refractivity contribution >= 4 is 29.2 Å². The van der Waals surface area contributed by atoms with Gasteiger partial charge in [0.1, 0.15) is 5.82 Å². The Hall–Kier alpha value is -2.01. The molecule has 0 bridgehead atoms. The van der Waals surface area contributed by atoms with Gasteiger partial charge in [-0.05, 0) is 51.3 Å². The predicted octanol–water partition coefficient (Wildman–Crippen LogP) is 4.20. The Morgan fingerprint density at radius 1 is 1.17 bits per heavy atom. The summed E-state index contributed by atoms with van der Waals surface area (Å²) >= 11 is 1.80. The fraction of sp³-hybridized carbons (Fsp3) is 0.333. The third-order valence-electron chi connectivity index (χ3n) is 3.58. The Kier molecular flexibility index (Phi) is 5.66. The highest BCUT2D eigenvalue weighted by atomic mass is 32.2. The standard InChI is InChI=1S/C18H23N3OS/c1-13-5-8-15(9-6-13)21-17(22)14-7-10-16(19-11-14)20-12-18(2,3)23-4/h5-11H,12H2,1-4H3,(H,19,20)(H,21,22). The van der Waals surface area contributed by atoms with Gasteiger partial charge in [0.15, 0.2) is 0 Å². The summed E-state index contributed by atoms with van der Waals surface area (Å²) in [6.07, 6.45) is 3.69. The molecule has 0 unspecified atom stereocenters. The van der Waals surface area contributed by atoms with Crippen molar-refractivity contribution in [3.63, 3.8) is 0 Å². The molecule has 0 saturated carbocycles. The maximum atomic E-state index is 12.2. The van der Waals surface area contributed by atoms with E-state index in [9.17, 15) is 4.79 Å². The van der Waals surface area contributed by atoms with Crippen LogP contribution in [0.25, 0.3) is 0 Å². The number of benzene rings is 1. The van der Waals surface area contributed by atoms with E-state index in [1.54, 1.807) is 24.0 Å². The summed E-state index contributed by atoms with van der Waals surface area (Å²) in [7, 11) is 0. The molecule has 0 aliphatic heterocycles. The molecule has 23 heavy (non-hydrogen) atoms. The molecule has 122 valence electrons. The van der Waals surface area contributed by atoms with Crippen LogP contribution in [0.5, 0.6) is 0 Å². The molecule has 1 heterocycles. The molecular formula is C18H23N3OS. The number of thioether (sulfide) groups is 1. The average molecular weight is 329 g/mol. The number of rotatable bonds is 6. The molecule has 2 rings (SSSR count). The van der Waals surface area contributed by atoms with Gasteiger partial charge in [0.05, 0.1) is 5.56 Å². The van der Waals surface area contributed by atoms with Crippen LogP contribution in [0.1, 0.15) is 29.8 Å². The summed E-state index contributed by atoms with van der Waals surface area (Å²) in [5.41, 5.74) is 2.48. The lowest BCUT2D eigenvalue weighted by molar-refractivity contribution is 0.102. The van der Waals surface area contributed by atoms with Crippen molar-refractivity contribution in [2.75, 3.05) is 23.4 Å². The summed E-state index contributed by atoms with van der Waals surface area (Å²) in [4.78, 5) is 16.5. The molecule has 1 aromatic heterocycles. The Morgan fingerprint density at radius 2 is 1.87 bits per heavy atom. The van der Waals surface area contributed by atoms with Crippen molar-refractivity contribution in [1.29, 1.82) is 0 Å². The molecule has 1 amide bonds. The molecule has 5 heteroatoms. The van der Waals surface area contributed by atoms with Gasteiger partial charge < -0.3 is 10.6 Å². The number of anilines is 2. The first kappa shape index (κ1) is 17.3. The monoisotopic (exact) mass is 329 g/mol. The van der Waals surface area contributed by atoms with E-state index >= 15 is 0 Å². The SMILES string of the molecule is CSC(C)(C)CNc1ccc(C(=O)Nc2ccc(C)cc2)cn1. The largest absolute Gasteiger partial charge is 0.369 e. The molecule has 0 aliphatic carbocycles. The second kappa shape index (κ2) is 7.51. The first-order valence-electron chi connectivity index (χ1n) is 7.53. The van der Waals surface area contributed by atoms with Gasteiger partial charge in [0.2, 0.25) is 0 Å². The molecule has 0 fully saturated rings. The van der Waals surface area contributed by atoms with E-state index in [0.717, 1.165) is 23.6 Å². The lowest BCUT2D eigenvalue weighted by Gasteiger charge is -2.22. The predicted molar refractivity (Wildman–Crippen MR) is 99.5 cm³/mol. The number of carbonyl (C=O) groups excluding carboxylic acids is 1. The van der Waals surface area contributed by atoms with E-state index in [4.69, 9.17) is 0 Å². The molecule has 0 spiro atoms. The first-order chi connectivity index (χ1) is 10.9. The molecule has 0 radical (unpaired) electrons. The quantitative estimate of drug-likeness (QED) is 0.834. The second-order valence-electron chi connectivity index (χ2n) is 6.07. The summed E-state index contributed by atoms with van der Waals surface area (Å²) < 4.78 is 0.142. The van der Waals surface area contributed by atoms with Crippen molar-refractivity contribution < 1.29 is 4.79 Å². The zero-order valence-electron chi connectivity index (χ0n) is 14.0. The first-order valence-corrected chi connectivity index (χ1v) is 8.75. The van der Waals surface area contributed by atoms with Crippen LogP contribution in [0.15, 0.2) is 42.6 Å². The number of hydrogen-bond donors (Lipinski definition) is 2. The molecule has 2 N–H and O–H groups in total. The van der Waals surface area contributed by atoms with Crippen molar-refractivity contribution in [2.45, 2.75) is 25.5 Å². The number of carbonyl (C=O) groups is 1. The molecular weight excluding hydrogens is 306 g/mol. The summed E-state index contributed by atoms with van der Waals surface area (Å²) in [6.45, 7) is 7.18. The second-order valence-corrected chi connectivity index (χ2v) is 7.58. The van der Waals surface area contributed by atoms with E-state index in [1.165, 1.54) is 0 Å².